The summed E-state index contributed by atoms with van der Waals surface area (Å²) in [6.45, 7) is 2.54. The summed E-state index contributed by atoms with van der Waals surface area (Å²) in [6, 6.07) is 10.00. The quantitative estimate of drug-likeness (QED) is 0.858. The Labute approximate surface area is 111 Å². The van der Waals surface area contributed by atoms with E-state index in [-0.39, 0.29) is 5.69 Å². The molecule has 2 rings (SSSR count). The molecule has 0 saturated heterocycles. The minimum absolute atomic E-state index is 0.0315. The number of aryl methyl sites for hydroxylation is 1. The molecule has 4 heteroatoms. The summed E-state index contributed by atoms with van der Waals surface area (Å²) in [5, 5.41) is 0. The Morgan fingerprint density at radius 3 is 2.37 bits per heavy atom. The molecule has 2 aromatic carbocycles. The van der Waals surface area contributed by atoms with Gasteiger partial charge in [-0.15, -0.1) is 0 Å². The van der Waals surface area contributed by atoms with Crippen molar-refractivity contribution in [3.8, 4) is 0 Å². The maximum absolute atomic E-state index is 13.4. The van der Waals surface area contributed by atoms with Gasteiger partial charge in [-0.2, -0.15) is 0 Å². The molecule has 0 spiro atoms. The predicted octanol–water partition coefficient (Wildman–Crippen LogP) is 3.49. The summed E-state index contributed by atoms with van der Waals surface area (Å²) >= 11 is 0. The number of hydrogen-bond donors (Lipinski definition) is 1. The maximum Gasteiger partial charge on any atom is 0.151 e. The van der Waals surface area contributed by atoms with Gasteiger partial charge in [0.1, 0.15) is 5.82 Å². The lowest BCUT2D eigenvalue weighted by Gasteiger charge is -2.21. The number of rotatable bonds is 3. The number of anilines is 2. The first kappa shape index (κ1) is 13.3. The Bertz CT molecular complexity index is 579. The monoisotopic (exact) mass is 262 g/mol. The van der Waals surface area contributed by atoms with Crippen LogP contribution < -0.4 is 10.6 Å². The van der Waals surface area contributed by atoms with E-state index in [2.05, 4.69) is 0 Å². The Kier molecular flexibility index (Phi) is 3.69. The van der Waals surface area contributed by atoms with Crippen molar-refractivity contribution < 1.29 is 8.78 Å². The van der Waals surface area contributed by atoms with Crippen LogP contribution in [0.3, 0.4) is 0 Å². The lowest BCUT2D eigenvalue weighted by molar-refractivity contribution is 0.585. The van der Waals surface area contributed by atoms with Gasteiger partial charge in [0, 0.05) is 19.7 Å². The second kappa shape index (κ2) is 5.26. The zero-order chi connectivity index (χ0) is 14.0. The molecule has 0 amide bonds. The fourth-order valence-electron chi connectivity index (χ4n) is 1.94. The molecular formula is C15H16F2N2. The number of nitrogen functional groups attached to an aromatic ring is 1. The molecule has 0 heterocycles. The first-order chi connectivity index (χ1) is 8.97. The third-order valence-electron chi connectivity index (χ3n) is 3.02. The molecule has 100 valence electrons. The summed E-state index contributed by atoms with van der Waals surface area (Å²) < 4.78 is 26.6. The smallest absolute Gasteiger partial charge is 0.151 e. The third kappa shape index (κ3) is 3.02. The van der Waals surface area contributed by atoms with Crippen molar-refractivity contribution in [2.45, 2.75) is 13.5 Å². The van der Waals surface area contributed by atoms with Gasteiger partial charge in [0.05, 0.1) is 11.4 Å². The van der Waals surface area contributed by atoms with Crippen LogP contribution in [0.15, 0.2) is 36.4 Å². The number of hydrogen-bond acceptors (Lipinski definition) is 2. The van der Waals surface area contributed by atoms with Crippen LogP contribution in [0.4, 0.5) is 20.2 Å². The molecule has 0 fully saturated rings. The average Bonchev–Trinajstić information content (AvgIpc) is 2.36. The molecule has 0 saturated carbocycles. The summed E-state index contributed by atoms with van der Waals surface area (Å²) in [5.41, 5.74) is 8.20. The van der Waals surface area contributed by atoms with Gasteiger partial charge in [0.2, 0.25) is 0 Å². The molecule has 0 radical (unpaired) electrons. The van der Waals surface area contributed by atoms with Crippen molar-refractivity contribution in [1.82, 2.24) is 0 Å². The van der Waals surface area contributed by atoms with Crippen LogP contribution >= 0.6 is 0 Å². The largest absolute Gasteiger partial charge is 0.395 e. The van der Waals surface area contributed by atoms with E-state index in [1.165, 1.54) is 11.6 Å². The van der Waals surface area contributed by atoms with Crippen LogP contribution in [-0.2, 0) is 6.54 Å². The number of benzene rings is 2. The van der Waals surface area contributed by atoms with Crippen LogP contribution in [0.2, 0.25) is 0 Å². The molecule has 0 aliphatic heterocycles. The van der Waals surface area contributed by atoms with Crippen LogP contribution in [0.25, 0.3) is 0 Å². The standard InChI is InChI=1S/C15H16F2N2/c1-10-3-5-11(6-4-10)9-19(2)14-8-12(16)7-13(17)15(14)18/h3-8H,9,18H2,1-2H3. The highest BCUT2D eigenvalue weighted by atomic mass is 19.1. The highest BCUT2D eigenvalue weighted by molar-refractivity contribution is 5.68. The molecule has 0 aliphatic rings. The van der Waals surface area contributed by atoms with Gasteiger partial charge in [-0.05, 0) is 18.6 Å². The van der Waals surface area contributed by atoms with E-state index in [1.807, 2.05) is 31.2 Å². The second-order valence-electron chi connectivity index (χ2n) is 4.66. The highest BCUT2D eigenvalue weighted by Gasteiger charge is 2.12. The van der Waals surface area contributed by atoms with Crippen LogP contribution in [0.1, 0.15) is 11.1 Å². The first-order valence-electron chi connectivity index (χ1n) is 5.98. The zero-order valence-electron chi connectivity index (χ0n) is 11.0. The second-order valence-corrected chi connectivity index (χ2v) is 4.66. The van der Waals surface area contributed by atoms with E-state index in [0.717, 1.165) is 11.6 Å². The van der Waals surface area contributed by atoms with E-state index in [4.69, 9.17) is 5.73 Å². The molecule has 0 bridgehead atoms. The van der Waals surface area contributed by atoms with Crippen LogP contribution in [-0.4, -0.2) is 7.05 Å². The number of nitrogens with zero attached hydrogens (tertiary/aromatic N) is 1. The van der Waals surface area contributed by atoms with Crippen molar-refractivity contribution in [3.05, 3.63) is 59.2 Å². The van der Waals surface area contributed by atoms with E-state index >= 15 is 0 Å². The SMILES string of the molecule is Cc1ccc(CN(C)c2cc(F)cc(F)c2N)cc1. The predicted molar refractivity (Wildman–Crippen MR) is 74.1 cm³/mol. The van der Waals surface area contributed by atoms with Gasteiger partial charge >= 0.3 is 0 Å². The summed E-state index contributed by atoms with van der Waals surface area (Å²) in [7, 11) is 1.75. The Balaban J connectivity index is 2.24. The van der Waals surface area contributed by atoms with Crippen LogP contribution in [0, 0.1) is 18.6 Å². The minimum Gasteiger partial charge on any atom is -0.395 e. The minimum atomic E-state index is -0.731. The van der Waals surface area contributed by atoms with Gasteiger partial charge in [0.15, 0.2) is 5.82 Å². The fourth-order valence-corrected chi connectivity index (χ4v) is 1.94. The Hall–Kier alpha value is -2.10. The van der Waals surface area contributed by atoms with Crippen molar-refractivity contribution in [2.24, 2.45) is 0 Å². The molecule has 0 unspecified atom stereocenters. The number of nitrogens with two attached hydrogens (primary N) is 1. The zero-order valence-corrected chi connectivity index (χ0v) is 11.0. The van der Waals surface area contributed by atoms with Gasteiger partial charge in [-0.3, -0.25) is 0 Å². The van der Waals surface area contributed by atoms with Gasteiger partial charge < -0.3 is 10.6 Å². The van der Waals surface area contributed by atoms with Gasteiger partial charge in [-0.1, -0.05) is 29.8 Å². The third-order valence-corrected chi connectivity index (χ3v) is 3.02. The van der Waals surface area contributed by atoms with Crippen molar-refractivity contribution in [2.75, 3.05) is 17.7 Å². The average molecular weight is 262 g/mol. The molecule has 2 N–H and O–H groups in total. The van der Waals surface area contributed by atoms with Crippen molar-refractivity contribution >= 4 is 11.4 Å². The van der Waals surface area contributed by atoms with Gasteiger partial charge in [0.25, 0.3) is 0 Å². The molecule has 0 aromatic heterocycles. The normalized spacial score (nSPS) is 10.5. The summed E-state index contributed by atoms with van der Waals surface area (Å²) in [6.07, 6.45) is 0. The topological polar surface area (TPSA) is 29.3 Å². The fraction of sp³-hybridized carbons (Fsp3) is 0.200. The summed E-state index contributed by atoms with van der Waals surface area (Å²) in [5.74, 6) is -1.36. The van der Waals surface area contributed by atoms with E-state index in [0.29, 0.717) is 12.2 Å². The van der Waals surface area contributed by atoms with Crippen molar-refractivity contribution in [1.29, 1.82) is 0 Å². The number of halogens is 2. The molecule has 2 aromatic rings. The van der Waals surface area contributed by atoms with E-state index in [1.54, 1.807) is 11.9 Å². The molecular weight excluding hydrogens is 246 g/mol. The van der Waals surface area contributed by atoms with Gasteiger partial charge in [-0.25, -0.2) is 8.78 Å². The van der Waals surface area contributed by atoms with E-state index in [9.17, 15) is 8.78 Å². The molecule has 2 nitrogen and oxygen atoms in total. The van der Waals surface area contributed by atoms with Crippen LogP contribution in [0.5, 0.6) is 0 Å². The maximum atomic E-state index is 13.4. The molecule has 0 atom stereocenters. The Morgan fingerprint density at radius 1 is 1.11 bits per heavy atom. The molecule has 19 heavy (non-hydrogen) atoms. The first-order valence-corrected chi connectivity index (χ1v) is 5.98. The Morgan fingerprint density at radius 2 is 1.74 bits per heavy atom. The molecule has 0 aliphatic carbocycles. The lowest BCUT2D eigenvalue weighted by Crippen LogP contribution is -2.18. The summed E-state index contributed by atoms with van der Waals surface area (Å²) in [4.78, 5) is 1.73. The highest BCUT2D eigenvalue weighted by Crippen LogP contribution is 2.27. The lowest BCUT2D eigenvalue weighted by atomic mass is 10.1. The van der Waals surface area contributed by atoms with Crippen molar-refractivity contribution in [3.63, 3.8) is 0 Å². The van der Waals surface area contributed by atoms with E-state index < -0.39 is 11.6 Å².